The minimum atomic E-state index is 0.0132. The summed E-state index contributed by atoms with van der Waals surface area (Å²) in [5.41, 5.74) is 3.10. The van der Waals surface area contributed by atoms with E-state index in [1.165, 1.54) is 11.1 Å². The molecule has 0 bridgehead atoms. The molecule has 1 aliphatic carbocycles. The normalized spacial score (nSPS) is 18.8. The van der Waals surface area contributed by atoms with E-state index in [4.69, 9.17) is 0 Å². The number of fused-ring (bicyclic) bond motifs is 1. The summed E-state index contributed by atoms with van der Waals surface area (Å²) in [6.45, 7) is 2.06. The fraction of sp³-hybridized carbons (Fsp3) is 0.333. The molecule has 2 aromatic carbocycles. The molecule has 3 aromatic rings. The van der Waals surface area contributed by atoms with Crippen molar-refractivity contribution in [1.82, 2.24) is 10.3 Å². The van der Waals surface area contributed by atoms with Crippen LogP contribution < -0.4 is 10.2 Å². The number of carbonyl (C=O) groups is 1. The standard InChI is InChI=1S/C24H25N3O/c28-23(18-6-2-1-3-7-18)26-24(13-14-24)19-11-16-27(17-12-19)22-10-15-25-21-9-5-4-8-20(21)22/h1-10,15,19H,11-14,16-17H2,(H,26,28). The third-order valence-corrected chi connectivity index (χ3v) is 6.43. The number of rotatable bonds is 4. The molecule has 2 fully saturated rings. The molecule has 1 saturated heterocycles. The van der Waals surface area contributed by atoms with Gasteiger partial charge >= 0.3 is 0 Å². The molecule has 1 aromatic heterocycles. The highest BCUT2D eigenvalue weighted by Crippen LogP contribution is 2.47. The molecule has 2 aliphatic rings. The Labute approximate surface area is 165 Å². The quantitative estimate of drug-likeness (QED) is 0.739. The molecule has 0 unspecified atom stereocenters. The second-order valence-corrected chi connectivity index (χ2v) is 8.08. The molecule has 1 aliphatic heterocycles. The van der Waals surface area contributed by atoms with Crippen LogP contribution in [-0.4, -0.2) is 29.5 Å². The van der Waals surface area contributed by atoms with Gasteiger partial charge in [-0.15, -0.1) is 0 Å². The zero-order valence-electron chi connectivity index (χ0n) is 16.0. The Hall–Kier alpha value is -2.88. The van der Waals surface area contributed by atoms with Crippen molar-refractivity contribution in [1.29, 1.82) is 0 Å². The predicted octanol–water partition coefficient (Wildman–Crippen LogP) is 4.41. The maximum absolute atomic E-state index is 12.6. The minimum absolute atomic E-state index is 0.0132. The first-order chi connectivity index (χ1) is 13.8. The van der Waals surface area contributed by atoms with Crippen molar-refractivity contribution in [2.45, 2.75) is 31.2 Å². The van der Waals surface area contributed by atoms with Crippen LogP contribution in [0.25, 0.3) is 10.9 Å². The number of hydrogen-bond acceptors (Lipinski definition) is 3. The maximum atomic E-state index is 12.6. The average molecular weight is 371 g/mol. The van der Waals surface area contributed by atoms with E-state index in [1.54, 1.807) is 0 Å². The van der Waals surface area contributed by atoms with Crippen molar-refractivity contribution >= 4 is 22.5 Å². The molecule has 2 heterocycles. The number of anilines is 1. The summed E-state index contributed by atoms with van der Waals surface area (Å²) in [5.74, 6) is 0.630. The van der Waals surface area contributed by atoms with E-state index in [0.717, 1.165) is 49.9 Å². The van der Waals surface area contributed by atoms with Gasteiger partial charge in [-0.2, -0.15) is 0 Å². The third-order valence-electron chi connectivity index (χ3n) is 6.43. The van der Waals surface area contributed by atoms with Gasteiger partial charge in [0, 0.05) is 41.5 Å². The van der Waals surface area contributed by atoms with Crippen LogP contribution in [0.3, 0.4) is 0 Å². The molecule has 28 heavy (non-hydrogen) atoms. The highest BCUT2D eigenvalue weighted by Gasteiger charge is 2.50. The average Bonchev–Trinajstić information content (AvgIpc) is 3.54. The van der Waals surface area contributed by atoms with Crippen LogP contribution in [0.1, 0.15) is 36.0 Å². The summed E-state index contributed by atoms with van der Waals surface area (Å²) in [7, 11) is 0. The molecule has 4 nitrogen and oxygen atoms in total. The van der Waals surface area contributed by atoms with Crippen LogP contribution in [0.15, 0.2) is 66.9 Å². The van der Waals surface area contributed by atoms with Crippen molar-refractivity contribution in [2.24, 2.45) is 5.92 Å². The van der Waals surface area contributed by atoms with Crippen LogP contribution in [0, 0.1) is 5.92 Å². The van der Waals surface area contributed by atoms with Crippen molar-refractivity contribution in [3.63, 3.8) is 0 Å². The summed E-state index contributed by atoms with van der Waals surface area (Å²) in [4.78, 5) is 19.6. The molecule has 1 N–H and O–H groups in total. The van der Waals surface area contributed by atoms with E-state index in [2.05, 4.69) is 39.5 Å². The minimum Gasteiger partial charge on any atom is -0.371 e. The molecule has 142 valence electrons. The van der Waals surface area contributed by atoms with Gasteiger partial charge in [0.1, 0.15) is 0 Å². The van der Waals surface area contributed by atoms with Crippen LogP contribution >= 0.6 is 0 Å². The SMILES string of the molecule is O=C(NC1(C2CCN(c3ccnc4ccccc34)CC2)CC1)c1ccccc1. The summed E-state index contributed by atoms with van der Waals surface area (Å²) >= 11 is 0. The van der Waals surface area contributed by atoms with Crippen molar-refractivity contribution < 1.29 is 4.79 Å². The first-order valence-corrected chi connectivity index (χ1v) is 10.2. The van der Waals surface area contributed by atoms with E-state index < -0.39 is 0 Å². The summed E-state index contributed by atoms with van der Waals surface area (Å²) in [5, 5.41) is 4.59. The molecular weight excluding hydrogens is 346 g/mol. The highest BCUT2D eigenvalue weighted by atomic mass is 16.1. The maximum Gasteiger partial charge on any atom is 0.251 e. The Morgan fingerprint density at radius 2 is 1.68 bits per heavy atom. The lowest BCUT2D eigenvalue weighted by Gasteiger charge is -2.38. The molecule has 4 heteroatoms. The second-order valence-electron chi connectivity index (χ2n) is 8.08. The molecule has 0 spiro atoms. The number of carbonyl (C=O) groups excluding carboxylic acids is 1. The predicted molar refractivity (Wildman–Crippen MR) is 113 cm³/mol. The highest BCUT2D eigenvalue weighted by molar-refractivity contribution is 5.95. The van der Waals surface area contributed by atoms with Gasteiger partial charge in [-0.05, 0) is 55.9 Å². The lowest BCUT2D eigenvalue weighted by atomic mass is 9.86. The summed E-state index contributed by atoms with van der Waals surface area (Å²) < 4.78 is 0. The van der Waals surface area contributed by atoms with Gasteiger partial charge < -0.3 is 10.2 Å². The van der Waals surface area contributed by atoms with Gasteiger partial charge in [0.2, 0.25) is 0 Å². The lowest BCUT2D eigenvalue weighted by molar-refractivity contribution is 0.0906. The van der Waals surface area contributed by atoms with E-state index >= 15 is 0 Å². The Kier molecular flexibility index (Phi) is 4.27. The van der Waals surface area contributed by atoms with Gasteiger partial charge in [0.25, 0.3) is 5.91 Å². The first-order valence-electron chi connectivity index (χ1n) is 10.2. The van der Waals surface area contributed by atoms with E-state index in [-0.39, 0.29) is 11.4 Å². The first kappa shape index (κ1) is 17.2. The Bertz CT molecular complexity index is 984. The van der Waals surface area contributed by atoms with Crippen LogP contribution in [0.2, 0.25) is 0 Å². The number of nitrogens with one attached hydrogen (secondary N) is 1. The van der Waals surface area contributed by atoms with Gasteiger partial charge in [-0.1, -0.05) is 36.4 Å². The topological polar surface area (TPSA) is 45.2 Å². The van der Waals surface area contributed by atoms with Crippen molar-refractivity contribution in [3.05, 3.63) is 72.4 Å². The monoisotopic (exact) mass is 371 g/mol. The zero-order chi connectivity index (χ0) is 19.0. The second kappa shape index (κ2) is 6.93. The van der Waals surface area contributed by atoms with Crippen LogP contribution in [0.4, 0.5) is 5.69 Å². The third kappa shape index (κ3) is 3.13. The Balaban J connectivity index is 1.27. The van der Waals surface area contributed by atoms with Gasteiger partial charge in [0.05, 0.1) is 5.52 Å². The van der Waals surface area contributed by atoms with Crippen molar-refractivity contribution in [3.8, 4) is 0 Å². The van der Waals surface area contributed by atoms with E-state index in [1.807, 2.05) is 42.6 Å². The molecule has 0 radical (unpaired) electrons. The molecule has 5 rings (SSSR count). The molecule has 1 saturated carbocycles. The fourth-order valence-corrected chi connectivity index (χ4v) is 4.69. The van der Waals surface area contributed by atoms with Crippen molar-refractivity contribution in [2.75, 3.05) is 18.0 Å². The van der Waals surface area contributed by atoms with E-state index in [0.29, 0.717) is 5.92 Å². The van der Waals surface area contributed by atoms with Crippen LogP contribution in [-0.2, 0) is 0 Å². The Morgan fingerprint density at radius 3 is 2.43 bits per heavy atom. The van der Waals surface area contributed by atoms with Crippen LogP contribution in [0.5, 0.6) is 0 Å². The van der Waals surface area contributed by atoms with E-state index in [9.17, 15) is 4.79 Å². The summed E-state index contributed by atoms with van der Waals surface area (Å²) in [6, 6.07) is 20.1. The molecule has 0 atom stereocenters. The van der Waals surface area contributed by atoms with Gasteiger partial charge in [0.15, 0.2) is 0 Å². The number of para-hydroxylation sites is 1. The number of benzene rings is 2. The lowest BCUT2D eigenvalue weighted by Crippen LogP contribution is -2.47. The number of amides is 1. The van der Waals surface area contributed by atoms with Gasteiger partial charge in [-0.3, -0.25) is 9.78 Å². The molecule has 1 amide bonds. The number of pyridine rings is 1. The number of piperidine rings is 1. The fourth-order valence-electron chi connectivity index (χ4n) is 4.69. The number of nitrogens with zero attached hydrogens (tertiary/aromatic N) is 2. The Morgan fingerprint density at radius 1 is 0.964 bits per heavy atom. The summed E-state index contributed by atoms with van der Waals surface area (Å²) in [6.07, 6.45) is 6.35. The number of aromatic nitrogens is 1. The number of hydrogen-bond donors (Lipinski definition) is 1. The molecular formula is C24H25N3O. The largest absolute Gasteiger partial charge is 0.371 e. The van der Waals surface area contributed by atoms with Gasteiger partial charge in [-0.25, -0.2) is 0 Å². The zero-order valence-corrected chi connectivity index (χ0v) is 16.0. The smallest absolute Gasteiger partial charge is 0.251 e.